The van der Waals surface area contributed by atoms with Crippen LogP contribution in [-0.2, 0) is 6.42 Å². The molecule has 0 radical (unpaired) electrons. The quantitative estimate of drug-likeness (QED) is 0.917. The van der Waals surface area contributed by atoms with Gasteiger partial charge in [0, 0.05) is 11.3 Å². The van der Waals surface area contributed by atoms with Crippen molar-refractivity contribution < 1.29 is 9.90 Å². The molecular weight excluding hydrogens is 322 g/mol. The fourth-order valence-corrected chi connectivity index (χ4v) is 5.97. The van der Waals surface area contributed by atoms with Crippen LogP contribution in [0.3, 0.4) is 0 Å². The first kappa shape index (κ1) is 15.9. The Bertz CT molecular complexity index is 857. The first-order valence-corrected chi connectivity index (χ1v) is 9.87. The van der Waals surface area contributed by atoms with Gasteiger partial charge in [-0.25, -0.2) is 0 Å². The number of rotatable bonds is 3. The number of anilines is 1. The number of carboxylic acids is 1. The van der Waals surface area contributed by atoms with Crippen LogP contribution >= 0.6 is 0 Å². The summed E-state index contributed by atoms with van der Waals surface area (Å²) in [5.74, 6) is 1.38. The van der Waals surface area contributed by atoms with Gasteiger partial charge < -0.3 is 15.2 Å². The van der Waals surface area contributed by atoms with E-state index in [0.717, 1.165) is 18.0 Å². The summed E-state index contributed by atoms with van der Waals surface area (Å²) in [5.41, 5.74) is 4.92. The summed E-state index contributed by atoms with van der Waals surface area (Å²) in [6.07, 6.45) is 4.91. The van der Waals surface area contributed by atoms with Crippen LogP contribution in [0.15, 0.2) is 42.5 Å². The van der Waals surface area contributed by atoms with Crippen molar-refractivity contribution in [3.8, 4) is 0 Å². The third-order valence-corrected chi connectivity index (χ3v) is 7.09. The lowest BCUT2D eigenvalue weighted by Gasteiger charge is -2.44. The molecule has 0 saturated heterocycles. The number of fused-ring (bicyclic) bond motifs is 7. The molecule has 1 aliphatic heterocycles. The summed E-state index contributed by atoms with van der Waals surface area (Å²) in [6.45, 7) is 2.17. The highest BCUT2D eigenvalue weighted by Gasteiger charge is 2.54. The number of nitrogens with one attached hydrogen (secondary N) is 1. The Labute approximate surface area is 154 Å². The molecular formula is C23H24NO2-. The number of hydrogen-bond donors (Lipinski definition) is 1. The Balaban J connectivity index is 1.64. The average molecular weight is 346 g/mol. The van der Waals surface area contributed by atoms with Crippen LogP contribution in [-0.4, -0.2) is 5.97 Å². The largest absolute Gasteiger partial charge is 0.545 e. The molecule has 2 aliphatic carbocycles. The van der Waals surface area contributed by atoms with E-state index < -0.39 is 5.97 Å². The molecule has 3 nitrogen and oxygen atoms in total. The number of aryl methyl sites for hydroxylation is 1. The molecule has 2 saturated carbocycles. The molecule has 0 unspecified atom stereocenters. The van der Waals surface area contributed by atoms with Gasteiger partial charge in [-0.3, -0.25) is 0 Å². The number of benzene rings is 2. The minimum atomic E-state index is -1.09. The second-order valence-electron chi connectivity index (χ2n) is 8.21. The molecule has 2 aromatic rings. The van der Waals surface area contributed by atoms with Gasteiger partial charge >= 0.3 is 0 Å². The molecule has 3 heteroatoms. The highest BCUT2D eigenvalue weighted by atomic mass is 16.4. The lowest BCUT2D eigenvalue weighted by Crippen LogP contribution is -2.37. The molecule has 2 fully saturated rings. The molecule has 1 heterocycles. The number of aromatic carboxylic acids is 1. The van der Waals surface area contributed by atoms with Crippen LogP contribution in [0.5, 0.6) is 0 Å². The van der Waals surface area contributed by atoms with Crippen LogP contribution in [0, 0.1) is 17.8 Å². The second-order valence-corrected chi connectivity index (χ2v) is 8.21. The van der Waals surface area contributed by atoms with Gasteiger partial charge in [-0.15, -0.1) is 0 Å². The lowest BCUT2D eigenvalue weighted by molar-refractivity contribution is -0.254. The molecule has 26 heavy (non-hydrogen) atoms. The van der Waals surface area contributed by atoms with Gasteiger partial charge in [0.15, 0.2) is 0 Å². The molecule has 134 valence electrons. The summed E-state index contributed by atoms with van der Waals surface area (Å²) in [4.78, 5) is 11.7. The van der Waals surface area contributed by atoms with E-state index in [4.69, 9.17) is 0 Å². The topological polar surface area (TPSA) is 52.2 Å². The van der Waals surface area contributed by atoms with Crippen LogP contribution in [0.1, 0.15) is 65.2 Å². The summed E-state index contributed by atoms with van der Waals surface area (Å²) >= 11 is 0. The van der Waals surface area contributed by atoms with E-state index in [2.05, 4.69) is 42.6 Å². The van der Waals surface area contributed by atoms with Crippen LogP contribution in [0.25, 0.3) is 0 Å². The van der Waals surface area contributed by atoms with Gasteiger partial charge in [-0.1, -0.05) is 49.4 Å². The normalized spacial score (nSPS) is 31.2. The zero-order chi connectivity index (χ0) is 17.8. The van der Waals surface area contributed by atoms with Crippen molar-refractivity contribution in [2.45, 2.75) is 44.6 Å². The Morgan fingerprint density at radius 3 is 2.62 bits per heavy atom. The summed E-state index contributed by atoms with van der Waals surface area (Å²) < 4.78 is 0. The summed E-state index contributed by atoms with van der Waals surface area (Å²) in [5, 5.41) is 15.3. The van der Waals surface area contributed by atoms with Crippen LogP contribution in [0.2, 0.25) is 0 Å². The minimum absolute atomic E-state index is 0.189. The molecule has 5 rings (SSSR count). The van der Waals surface area contributed by atoms with Crippen molar-refractivity contribution in [3.63, 3.8) is 0 Å². The van der Waals surface area contributed by atoms with E-state index in [1.54, 1.807) is 6.07 Å². The molecule has 0 aromatic heterocycles. The monoisotopic (exact) mass is 346 g/mol. The van der Waals surface area contributed by atoms with Crippen LogP contribution < -0.4 is 10.4 Å². The first-order chi connectivity index (χ1) is 12.7. The third kappa shape index (κ3) is 2.22. The van der Waals surface area contributed by atoms with E-state index >= 15 is 0 Å². The molecule has 2 aromatic carbocycles. The number of carbonyl (C=O) groups excluding carboxylic acids is 1. The summed E-state index contributed by atoms with van der Waals surface area (Å²) in [7, 11) is 0. The molecule has 0 spiro atoms. The standard InChI is InChI=1S/C23H25NO2/c1-2-13-6-8-14(9-7-13)21-20-16-11-10-15(12-16)19(20)17-4-3-5-18(23(25)26)22(17)24-21/h3-9,15-16,19-21,24H,2,10-12H2,1H3,(H,25,26)/p-1/t15-,16-,19+,20-,21-/m0/s1. The number of carboxylic acid groups (broad SMARTS) is 1. The fraction of sp³-hybridized carbons (Fsp3) is 0.435. The third-order valence-electron chi connectivity index (χ3n) is 7.09. The maximum Gasteiger partial charge on any atom is 0.0736 e. The van der Waals surface area contributed by atoms with E-state index in [1.807, 2.05) is 6.07 Å². The van der Waals surface area contributed by atoms with Crippen molar-refractivity contribution in [2.24, 2.45) is 17.8 Å². The van der Waals surface area contributed by atoms with Gasteiger partial charge in [0.05, 0.1) is 12.0 Å². The first-order valence-electron chi connectivity index (χ1n) is 9.87. The van der Waals surface area contributed by atoms with Gasteiger partial charge in [0.2, 0.25) is 0 Å². The minimum Gasteiger partial charge on any atom is -0.545 e. The van der Waals surface area contributed by atoms with Crippen molar-refractivity contribution in [2.75, 3.05) is 5.32 Å². The fourth-order valence-electron chi connectivity index (χ4n) is 5.97. The van der Waals surface area contributed by atoms with Crippen molar-refractivity contribution >= 4 is 11.7 Å². The molecule has 1 N–H and O–H groups in total. The second kappa shape index (κ2) is 5.87. The van der Waals surface area contributed by atoms with Gasteiger partial charge in [-0.05, 0) is 66.0 Å². The predicted molar refractivity (Wildman–Crippen MR) is 100 cm³/mol. The SMILES string of the molecule is CCc1ccc([C@@H]2Nc3c(C(=O)[O-])cccc3[C@H]3[C@H]4CC[C@@H](C4)[C@@H]32)cc1. The Kier molecular flexibility index (Phi) is 3.59. The lowest BCUT2D eigenvalue weighted by atomic mass is 9.67. The number of para-hydroxylation sites is 1. The van der Waals surface area contributed by atoms with E-state index in [1.165, 1.54) is 36.0 Å². The maximum atomic E-state index is 11.7. The van der Waals surface area contributed by atoms with E-state index in [-0.39, 0.29) is 6.04 Å². The zero-order valence-corrected chi connectivity index (χ0v) is 15.1. The zero-order valence-electron chi connectivity index (χ0n) is 15.1. The summed E-state index contributed by atoms with van der Waals surface area (Å²) in [6, 6.07) is 14.7. The van der Waals surface area contributed by atoms with E-state index in [9.17, 15) is 9.90 Å². The smallest absolute Gasteiger partial charge is 0.0736 e. The highest BCUT2D eigenvalue weighted by molar-refractivity contribution is 5.94. The molecule has 2 bridgehead atoms. The van der Waals surface area contributed by atoms with Gasteiger partial charge in [0.25, 0.3) is 0 Å². The van der Waals surface area contributed by atoms with Crippen molar-refractivity contribution in [1.29, 1.82) is 0 Å². The highest BCUT2D eigenvalue weighted by Crippen LogP contribution is 2.63. The molecule has 3 aliphatic rings. The number of hydrogen-bond acceptors (Lipinski definition) is 3. The molecule has 5 atom stereocenters. The molecule has 0 amide bonds. The van der Waals surface area contributed by atoms with Crippen molar-refractivity contribution in [1.82, 2.24) is 0 Å². The van der Waals surface area contributed by atoms with Gasteiger partial charge in [-0.2, -0.15) is 0 Å². The Hall–Kier alpha value is -2.29. The Morgan fingerprint density at radius 1 is 1.12 bits per heavy atom. The maximum absolute atomic E-state index is 11.7. The predicted octanol–water partition coefficient (Wildman–Crippen LogP) is 3.91. The van der Waals surface area contributed by atoms with E-state index in [0.29, 0.717) is 23.3 Å². The van der Waals surface area contributed by atoms with Crippen molar-refractivity contribution in [3.05, 3.63) is 64.7 Å². The number of carbonyl (C=O) groups is 1. The van der Waals surface area contributed by atoms with Gasteiger partial charge in [0.1, 0.15) is 0 Å². The Morgan fingerprint density at radius 2 is 1.88 bits per heavy atom. The van der Waals surface area contributed by atoms with Crippen LogP contribution in [0.4, 0.5) is 5.69 Å². The average Bonchev–Trinajstić information content (AvgIpc) is 3.29.